The summed E-state index contributed by atoms with van der Waals surface area (Å²) >= 11 is 1.44. The highest BCUT2D eigenvalue weighted by Crippen LogP contribution is 2.34. The third-order valence-electron chi connectivity index (χ3n) is 3.31. The van der Waals surface area contributed by atoms with Crippen LogP contribution in [0.5, 0.6) is 11.5 Å². The summed E-state index contributed by atoms with van der Waals surface area (Å²) in [4.78, 5) is 22.1. The number of hydrogen-bond donors (Lipinski definition) is 1. The van der Waals surface area contributed by atoms with Gasteiger partial charge in [0.05, 0.1) is 10.7 Å². The van der Waals surface area contributed by atoms with E-state index in [2.05, 4.69) is 5.32 Å². The zero-order valence-electron chi connectivity index (χ0n) is 12.6. The molecular weight excluding hydrogens is 332 g/mol. The molecule has 8 heteroatoms. The highest BCUT2D eigenvalue weighted by molar-refractivity contribution is 7.99. The van der Waals surface area contributed by atoms with Gasteiger partial charge in [-0.25, -0.2) is 0 Å². The molecule has 1 aliphatic heterocycles. The summed E-state index contributed by atoms with van der Waals surface area (Å²) in [7, 11) is 0. The third-order valence-corrected chi connectivity index (χ3v) is 4.31. The molecule has 0 aliphatic carbocycles. The molecule has 0 spiro atoms. The van der Waals surface area contributed by atoms with E-state index in [1.165, 1.54) is 23.9 Å². The number of amides is 1. The Bertz CT molecular complexity index is 764. The van der Waals surface area contributed by atoms with Crippen molar-refractivity contribution in [2.75, 3.05) is 17.9 Å². The molecule has 3 rings (SSSR count). The number of fused-ring (bicyclic) bond motifs is 1. The number of ether oxygens (including phenoxy) is 2. The number of anilines is 1. The predicted molar refractivity (Wildman–Crippen MR) is 90.5 cm³/mol. The molecule has 0 fully saturated rings. The van der Waals surface area contributed by atoms with Gasteiger partial charge in [0.1, 0.15) is 0 Å². The van der Waals surface area contributed by atoms with Gasteiger partial charge in [0.25, 0.3) is 5.69 Å². The highest BCUT2D eigenvalue weighted by Gasteiger charge is 2.14. The number of thioether (sulfide) groups is 1. The fraction of sp³-hybridized carbons (Fsp3) is 0.188. The van der Waals surface area contributed by atoms with Gasteiger partial charge >= 0.3 is 0 Å². The second-order valence-electron chi connectivity index (χ2n) is 5.03. The van der Waals surface area contributed by atoms with Crippen LogP contribution in [0.4, 0.5) is 11.4 Å². The molecule has 1 N–H and O–H groups in total. The maximum Gasteiger partial charge on any atom is 0.269 e. The van der Waals surface area contributed by atoms with E-state index < -0.39 is 4.92 Å². The molecule has 2 aromatic carbocycles. The Morgan fingerprint density at radius 1 is 1.17 bits per heavy atom. The molecule has 0 saturated carbocycles. The van der Waals surface area contributed by atoms with E-state index in [1.807, 2.05) is 0 Å². The lowest BCUT2D eigenvalue weighted by atomic mass is 10.2. The van der Waals surface area contributed by atoms with Crippen molar-refractivity contribution in [1.82, 2.24) is 0 Å². The molecule has 0 unspecified atom stereocenters. The fourth-order valence-electron chi connectivity index (χ4n) is 2.15. The van der Waals surface area contributed by atoms with Crippen LogP contribution >= 0.6 is 11.8 Å². The number of nitrogens with one attached hydrogen (secondary N) is 1. The molecule has 1 aliphatic rings. The van der Waals surface area contributed by atoms with E-state index in [0.29, 0.717) is 22.9 Å². The monoisotopic (exact) mass is 346 g/mol. The van der Waals surface area contributed by atoms with Gasteiger partial charge in [-0.1, -0.05) is 12.1 Å². The van der Waals surface area contributed by atoms with Gasteiger partial charge in [-0.05, 0) is 17.7 Å². The minimum atomic E-state index is -0.435. The SMILES string of the molecule is O=C(CSCc1ccc([N+](=O)[O-])cc1)Nc1ccc2c(c1)OCO2. The first-order chi connectivity index (χ1) is 11.6. The van der Waals surface area contributed by atoms with Crippen molar-refractivity contribution in [3.8, 4) is 11.5 Å². The van der Waals surface area contributed by atoms with Crippen LogP contribution in [0.2, 0.25) is 0 Å². The minimum Gasteiger partial charge on any atom is -0.454 e. The first-order valence-electron chi connectivity index (χ1n) is 7.12. The summed E-state index contributed by atoms with van der Waals surface area (Å²) < 4.78 is 10.5. The lowest BCUT2D eigenvalue weighted by Gasteiger charge is -2.06. The smallest absolute Gasteiger partial charge is 0.269 e. The van der Waals surface area contributed by atoms with Crippen LogP contribution in [-0.4, -0.2) is 23.4 Å². The molecule has 2 aromatic rings. The average Bonchev–Trinajstić information content (AvgIpc) is 3.03. The molecule has 124 valence electrons. The predicted octanol–water partition coefficient (Wildman–Crippen LogP) is 3.20. The van der Waals surface area contributed by atoms with Gasteiger partial charge in [0.2, 0.25) is 12.7 Å². The molecule has 0 atom stereocenters. The Morgan fingerprint density at radius 3 is 2.67 bits per heavy atom. The molecule has 0 bridgehead atoms. The standard InChI is InChI=1S/C16H14N2O5S/c19-16(17-12-3-6-14-15(7-12)23-10-22-14)9-24-8-11-1-4-13(5-2-11)18(20)21/h1-7H,8-10H2,(H,17,19). The maximum atomic E-state index is 12.0. The van der Waals surface area contributed by atoms with Gasteiger partial charge in [0, 0.05) is 29.6 Å². The van der Waals surface area contributed by atoms with Gasteiger partial charge < -0.3 is 14.8 Å². The van der Waals surface area contributed by atoms with E-state index in [9.17, 15) is 14.9 Å². The minimum absolute atomic E-state index is 0.0595. The van der Waals surface area contributed by atoms with Gasteiger partial charge in [-0.15, -0.1) is 11.8 Å². The van der Waals surface area contributed by atoms with Gasteiger partial charge in [-0.2, -0.15) is 0 Å². The second kappa shape index (κ2) is 7.22. The Morgan fingerprint density at radius 2 is 1.92 bits per heavy atom. The Kier molecular flexibility index (Phi) is 4.85. The summed E-state index contributed by atoms with van der Waals surface area (Å²) in [6.07, 6.45) is 0. The van der Waals surface area contributed by atoms with E-state index in [0.717, 1.165) is 5.56 Å². The topological polar surface area (TPSA) is 90.7 Å². The van der Waals surface area contributed by atoms with Crippen LogP contribution in [0, 0.1) is 10.1 Å². The molecule has 0 saturated heterocycles. The summed E-state index contributed by atoms with van der Waals surface area (Å²) in [5.74, 6) is 2.05. The maximum absolute atomic E-state index is 12.0. The van der Waals surface area contributed by atoms with Gasteiger partial charge in [0.15, 0.2) is 11.5 Å². The number of carbonyl (C=O) groups excluding carboxylic acids is 1. The lowest BCUT2D eigenvalue weighted by Crippen LogP contribution is -2.14. The van der Waals surface area contributed by atoms with Crippen LogP contribution in [0.15, 0.2) is 42.5 Å². The van der Waals surface area contributed by atoms with E-state index in [4.69, 9.17) is 9.47 Å². The summed E-state index contributed by atoms with van der Waals surface area (Å²) in [5.41, 5.74) is 1.64. The number of nitrogens with zero attached hydrogens (tertiary/aromatic N) is 1. The van der Waals surface area contributed by atoms with Crippen molar-refractivity contribution >= 4 is 29.0 Å². The summed E-state index contributed by atoms with van der Waals surface area (Å²) in [5, 5.41) is 13.4. The van der Waals surface area contributed by atoms with Crippen molar-refractivity contribution in [3.63, 3.8) is 0 Å². The summed E-state index contributed by atoms with van der Waals surface area (Å²) in [6, 6.07) is 11.5. The highest BCUT2D eigenvalue weighted by atomic mass is 32.2. The van der Waals surface area contributed by atoms with Crippen LogP contribution in [0.25, 0.3) is 0 Å². The number of benzene rings is 2. The van der Waals surface area contributed by atoms with Crippen molar-refractivity contribution < 1.29 is 19.2 Å². The number of nitro benzene ring substituents is 1. The summed E-state index contributed by atoms with van der Waals surface area (Å²) in [6.45, 7) is 0.192. The zero-order chi connectivity index (χ0) is 16.9. The largest absolute Gasteiger partial charge is 0.454 e. The molecule has 0 aromatic heterocycles. The van der Waals surface area contributed by atoms with E-state index >= 15 is 0 Å². The quantitative estimate of drug-likeness (QED) is 0.638. The van der Waals surface area contributed by atoms with Crippen molar-refractivity contribution in [3.05, 3.63) is 58.1 Å². The molecule has 0 radical (unpaired) electrons. The number of non-ortho nitro benzene ring substituents is 1. The van der Waals surface area contributed by atoms with Crippen molar-refractivity contribution in [1.29, 1.82) is 0 Å². The Hall–Kier alpha value is -2.74. The van der Waals surface area contributed by atoms with Crippen LogP contribution < -0.4 is 14.8 Å². The lowest BCUT2D eigenvalue weighted by molar-refractivity contribution is -0.384. The number of carbonyl (C=O) groups is 1. The van der Waals surface area contributed by atoms with Crippen LogP contribution in [0.1, 0.15) is 5.56 Å². The molecule has 24 heavy (non-hydrogen) atoms. The Labute approximate surface area is 142 Å². The third kappa shape index (κ3) is 3.96. The first kappa shape index (κ1) is 16.1. The number of hydrogen-bond acceptors (Lipinski definition) is 6. The van der Waals surface area contributed by atoms with Crippen LogP contribution in [-0.2, 0) is 10.5 Å². The first-order valence-corrected chi connectivity index (χ1v) is 8.28. The average molecular weight is 346 g/mol. The molecule has 7 nitrogen and oxygen atoms in total. The molecule has 1 heterocycles. The zero-order valence-corrected chi connectivity index (χ0v) is 13.4. The number of rotatable bonds is 6. The van der Waals surface area contributed by atoms with E-state index in [1.54, 1.807) is 30.3 Å². The van der Waals surface area contributed by atoms with Crippen molar-refractivity contribution in [2.45, 2.75) is 5.75 Å². The van der Waals surface area contributed by atoms with E-state index in [-0.39, 0.29) is 24.1 Å². The Balaban J connectivity index is 1.46. The fourth-order valence-corrected chi connectivity index (χ4v) is 2.93. The molecule has 1 amide bonds. The second-order valence-corrected chi connectivity index (χ2v) is 6.02. The molecular formula is C16H14N2O5S. The van der Waals surface area contributed by atoms with Gasteiger partial charge in [-0.3, -0.25) is 14.9 Å². The van der Waals surface area contributed by atoms with Crippen LogP contribution in [0.3, 0.4) is 0 Å². The number of nitro groups is 1. The van der Waals surface area contributed by atoms with Crippen molar-refractivity contribution in [2.24, 2.45) is 0 Å². The normalized spacial score (nSPS) is 12.0.